The van der Waals surface area contributed by atoms with Crippen LogP contribution in [0.3, 0.4) is 0 Å². The molecule has 2 aliphatic rings. The monoisotopic (exact) mass is 258 g/mol. The number of hydrogen-bond donors (Lipinski definition) is 0. The Bertz CT molecular complexity index is 438. The van der Waals surface area contributed by atoms with E-state index >= 15 is 0 Å². The third-order valence-electron chi connectivity index (χ3n) is 3.74. The molecule has 0 bridgehead atoms. The molecule has 2 rings (SSSR count). The lowest BCUT2D eigenvalue weighted by atomic mass is 9.92. The van der Waals surface area contributed by atoms with Crippen LogP contribution in [0.4, 0.5) is 0 Å². The second-order valence-electron chi connectivity index (χ2n) is 5.13. The topological polar surface area (TPSA) is 26.3 Å². The normalized spacial score (nSPS) is 17.7. The smallest absolute Gasteiger partial charge is 0.334 e. The predicted molar refractivity (Wildman–Crippen MR) is 77.7 cm³/mol. The van der Waals surface area contributed by atoms with E-state index in [4.69, 9.17) is 4.74 Å². The van der Waals surface area contributed by atoms with Gasteiger partial charge in [-0.25, -0.2) is 4.79 Å². The van der Waals surface area contributed by atoms with Crippen LogP contribution in [-0.2, 0) is 9.53 Å². The fourth-order valence-electron chi connectivity index (χ4n) is 2.83. The minimum Gasteiger partial charge on any atom is -0.458 e. The number of hydrogen-bond acceptors (Lipinski definition) is 2. The Morgan fingerprint density at radius 3 is 2.26 bits per heavy atom. The van der Waals surface area contributed by atoms with E-state index < -0.39 is 0 Å². The van der Waals surface area contributed by atoms with Crippen molar-refractivity contribution in [3.8, 4) is 0 Å². The van der Waals surface area contributed by atoms with Gasteiger partial charge in [0, 0.05) is 5.57 Å². The summed E-state index contributed by atoms with van der Waals surface area (Å²) in [6.07, 6.45) is 13.0. The molecule has 19 heavy (non-hydrogen) atoms. The molecule has 0 radical (unpaired) electrons. The molecular weight excluding hydrogens is 236 g/mol. The van der Waals surface area contributed by atoms with Crippen LogP contribution in [0.15, 0.2) is 47.1 Å². The van der Waals surface area contributed by atoms with E-state index in [1.807, 2.05) is 6.92 Å². The summed E-state index contributed by atoms with van der Waals surface area (Å²) in [5.41, 5.74) is 4.58. The number of ether oxygens (including phenoxy) is 1. The lowest BCUT2D eigenvalue weighted by Crippen LogP contribution is -2.10. The minimum atomic E-state index is -0.213. The van der Waals surface area contributed by atoms with Crippen molar-refractivity contribution in [3.05, 3.63) is 47.1 Å². The molecule has 0 aliphatic heterocycles. The maximum absolute atomic E-state index is 12.1. The molecule has 0 spiro atoms. The number of allylic oxidation sites excluding steroid dienone is 5. The molecule has 0 aromatic carbocycles. The van der Waals surface area contributed by atoms with Gasteiger partial charge in [0.15, 0.2) is 0 Å². The first-order chi connectivity index (χ1) is 9.24. The van der Waals surface area contributed by atoms with Gasteiger partial charge in [-0.05, 0) is 62.2 Å². The van der Waals surface area contributed by atoms with Crippen LogP contribution in [0.25, 0.3) is 0 Å². The van der Waals surface area contributed by atoms with E-state index in [1.54, 1.807) is 6.08 Å². The number of carbonyl (C=O) groups excluding carboxylic acids is 1. The van der Waals surface area contributed by atoms with E-state index in [1.165, 1.54) is 24.0 Å². The zero-order chi connectivity index (χ0) is 13.7. The van der Waals surface area contributed by atoms with Crippen molar-refractivity contribution >= 4 is 5.97 Å². The second-order valence-corrected chi connectivity index (χ2v) is 5.13. The van der Waals surface area contributed by atoms with Crippen LogP contribution in [0, 0.1) is 0 Å². The molecule has 2 aliphatic carbocycles. The first kappa shape index (κ1) is 13.9. The zero-order valence-electron chi connectivity index (χ0n) is 11.7. The van der Waals surface area contributed by atoms with Crippen molar-refractivity contribution in [1.29, 1.82) is 0 Å². The molecule has 2 heteroatoms. The van der Waals surface area contributed by atoms with E-state index in [0.717, 1.165) is 36.8 Å². The highest BCUT2D eigenvalue weighted by Gasteiger charge is 2.22. The molecule has 0 saturated carbocycles. The molecular formula is C17H22O2. The number of carbonyl (C=O) groups is 1. The van der Waals surface area contributed by atoms with Gasteiger partial charge < -0.3 is 4.74 Å². The number of rotatable bonds is 5. The van der Waals surface area contributed by atoms with E-state index in [-0.39, 0.29) is 12.6 Å². The zero-order valence-corrected chi connectivity index (χ0v) is 11.7. The molecule has 0 atom stereocenters. The van der Waals surface area contributed by atoms with Gasteiger partial charge in [-0.3, -0.25) is 0 Å². The highest BCUT2D eigenvalue weighted by Crippen LogP contribution is 2.36. The average molecular weight is 258 g/mol. The van der Waals surface area contributed by atoms with Crippen LogP contribution in [0.2, 0.25) is 0 Å². The van der Waals surface area contributed by atoms with E-state index in [9.17, 15) is 4.79 Å². The van der Waals surface area contributed by atoms with Crippen LogP contribution < -0.4 is 0 Å². The quantitative estimate of drug-likeness (QED) is 0.418. The largest absolute Gasteiger partial charge is 0.458 e. The first-order valence-corrected chi connectivity index (χ1v) is 7.11. The van der Waals surface area contributed by atoms with Gasteiger partial charge in [0.05, 0.1) is 0 Å². The Morgan fingerprint density at radius 1 is 1.26 bits per heavy atom. The van der Waals surface area contributed by atoms with E-state index in [2.05, 4.69) is 18.7 Å². The van der Waals surface area contributed by atoms with Crippen LogP contribution in [-0.4, -0.2) is 12.6 Å². The molecule has 0 N–H and O–H groups in total. The summed E-state index contributed by atoms with van der Waals surface area (Å²) in [5.74, 6) is -0.213. The van der Waals surface area contributed by atoms with Crippen molar-refractivity contribution < 1.29 is 9.53 Å². The SMILES string of the molecule is C=CCOC(=O)C(C)=C(C1=CCCC1)C1=CCCC1. The molecule has 0 aromatic rings. The Hall–Kier alpha value is -1.57. The van der Waals surface area contributed by atoms with Crippen LogP contribution >= 0.6 is 0 Å². The molecule has 0 fully saturated rings. The fourth-order valence-corrected chi connectivity index (χ4v) is 2.83. The van der Waals surface area contributed by atoms with Crippen molar-refractivity contribution in [3.63, 3.8) is 0 Å². The van der Waals surface area contributed by atoms with Gasteiger partial charge in [0.1, 0.15) is 6.61 Å². The highest BCUT2D eigenvalue weighted by molar-refractivity contribution is 5.91. The van der Waals surface area contributed by atoms with Gasteiger partial charge in [0.2, 0.25) is 0 Å². The van der Waals surface area contributed by atoms with Crippen LogP contribution in [0.5, 0.6) is 0 Å². The summed E-state index contributed by atoms with van der Waals surface area (Å²) in [6.45, 7) is 5.74. The highest BCUT2D eigenvalue weighted by atomic mass is 16.5. The van der Waals surface area contributed by atoms with Gasteiger partial charge in [-0.2, -0.15) is 0 Å². The van der Waals surface area contributed by atoms with Gasteiger partial charge in [-0.15, -0.1) is 0 Å². The second kappa shape index (κ2) is 6.55. The van der Waals surface area contributed by atoms with Gasteiger partial charge >= 0.3 is 5.97 Å². The minimum absolute atomic E-state index is 0.213. The lowest BCUT2D eigenvalue weighted by molar-refractivity contribution is -0.137. The van der Waals surface area contributed by atoms with E-state index in [0.29, 0.717) is 0 Å². The van der Waals surface area contributed by atoms with Crippen molar-refractivity contribution in [1.82, 2.24) is 0 Å². The fraction of sp³-hybridized carbons (Fsp3) is 0.471. The van der Waals surface area contributed by atoms with Crippen molar-refractivity contribution in [2.24, 2.45) is 0 Å². The summed E-state index contributed by atoms with van der Waals surface area (Å²) in [5, 5.41) is 0. The number of esters is 1. The Labute approximate surface area is 115 Å². The standard InChI is InChI=1S/C17H22O2/c1-3-12-19-17(18)13(2)16(14-8-4-5-9-14)15-10-6-7-11-15/h3,8,10H,1,4-7,9,11-12H2,2H3. The maximum Gasteiger partial charge on any atom is 0.334 e. The molecule has 0 amide bonds. The molecule has 0 aromatic heterocycles. The summed E-state index contributed by atoms with van der Waals surface area (Å²) in [4.78, 5) is 12.1. The summed E-state index contributed by atoms with van der Waals surface area (Å²) in [7, 11) is 0. The summed E-state index contributed by atoms with van der Waals surface area (Å²) < 4.78 is 5.18. The average Bonchev–Trinajstić information content (AvgIpc) is 3.09. The predicted octanol–water partition coefficient (Wildman–Crippen LogP) is 4.25. The molecule has 0 heterocycles. The Morgan fingerprint density at radius 2 is 1.84 bits per heavy atom. The summed E-state index contributed by atoms with van der Waals surface area (Å²) >= 11 is 0. The molecule has 2 nitrogen and oxygen atoms in total. The lowest BCUT2D eigenvalue weighted by Gasteiger charge is -2.14. The first-order valence-electron chi connectivity index (χ1n) is 7.11. The van der Waals surface area contributed by atoms with Crippen molar-refractivity contribution in [2.45, 2.75) is 45.4 Å². The van der Waals surface area contributed by atoms with Gasteiger partial charge in [0.25, 0.3) is 0 Å². The molecule has 0 saturated heterocycles. The third kappa shape index (κ3) is 3.25. The maximum atomic E-state index is 12.1. The molecule has 0 unspecified atom stereocenters. The Balaban J connectivity index is 2.29. The molecule has 102 valence electrons. The van der Waals surface area contributed by atoms with Gasteiger partial charge in [-0.1, -0.05) is 24.8 Å². The van der Waals surface area contributed by atoms with Crippen molar-refractivity contribution in [2.75, 3.05) is 6.61 Å². The summed E-state index contributed by atoms with van der Waals surface area (Å²) in [6, 6.07) is 0. The Kier molecular flexibility index (Phi) is 4.78. The van der Waals surface area contributed by atoms with Crippen LogP contribution in [0.1, 0.15) is 45.4 Å². The third-order valence-corrected chi connectivity index (χ3v) is 3.74.